The third-order valence-electron chi connectivity index (χ3n) is 4.37. The Morgan fingerprint density at radius 2 is 1.85 bits per heavy atom. The van der Waals surface area contributed by atoms with Crippen LogP contribution in [0.3, 0.4) is 0 Å². The lowest BCUT2D eigenvalue weighted by Crippen LogP contribution is -2.44. The summed E-state index contributed by atoms with van der Waals surface area (Å²) in [5.74, 6) is -0.581. The van der Waals surface area contributed by atoms with Gasteiger partial charge in [-0.2, -0.15) is 0 Å². The summed E-state index contributed by atoms with van der Waals surface area (Å²) in [5, 5.41) is 18.3. The molecule has 0 saturated carbocycles. The number of halogens is 1. The van der Waals surface area contributed by atoms with Crippen LogP contribution < -0.4 is 11.1 Å². The van der Waals surface area contributed by atoms with Crippen molar-refractivity contribution < 1.29 is 18.7 Å². The van der Waals surface area contributed by atoms with Crippen molar-refractivity contribution in [2.45, 2.75) is 24.6 Å². The molecule has 0 saturated heterocycles. The highest BCUT2D eigenvalue weighted by molar-refractivity contribution is 7.99. The number of rotatable bonds is 10. The predicted molar refractivity (Wildman–Crippen MR) is 127 cm³/mol. The van der Waals surface area contributed by atoms with Gasteiger partial charge in [0.05, 0.1) is 12.4 Å². The van der Waals surface area contributed by atoms with E-state index in [9.17, 15) is 9.59 Å². The van der Waals surface area contributed by atoms with E-state index in [-0.39, 0.29) is 47.6 Å². The van der Waals surface area contributed by atoms with Crippen LogP contribution in [0.15, 0.2) is 64.2 Å². The van der Waals surface area contributed by atoms with E-state index in [1.165, 1.54) is 0 Å². The largest absolute Gasteiger partial charge is 0.464 e. The monoisotopic (exact) mass is 489 g/mol. The minimum atomic E-state index is -0.788. The number of benzene rings is 2. The second-order valence-electron chi connectivity index (χ2n) is 6.71. The fourth-order valence-corrected chi connectivity index (χ4v) is 3.40. The van der Waals surface area contributed by atoms with Crippen LogP contribution in [-0.4, -0.2) is 46.3 Å². The topological polar surface area (TPSA) is 144 Å². The van der Waals surface area contributed by atoms with Crippen LogP contribution in [0.4, 0.5) is 0 Å². The molecule has 0 radical (unpaired) electrons. The van der Waals surface area contributed by atoms with Crippen molar-refractivity contribution in [1.29, 1.82) is 5.41 Å². The summed E-state index contributed by atoms with van der Waals surface area (Å²) in [6, 6.07) is 15.4. The molecule has 1 amide bonds. The number of esters is 1. The first-order chi connectivity index (χ1) is 15.5. The molecule has 1 aromatic heterocycles. The fourth-order valence-electron chi connectivity index (χ4n) is 2.83. The van der Waals surface area contributed by atoms with Crippen molar-refractivity contribution >= 4 is 41.9 Å². The number of aromatic nitrogens is 2. The minimum Gasteiger partial charge on any atom is -0.464 e. The quantitative estimate of drug-likeness (QED) is 0.170. The van der Waals surface area contributed by atoms with E-state index >= 15 is 0 Å². The zero-order valence-corrected chi connectivity index (χ0v) is 19.4. The van der Waals surface area contributed by atoms with E-state index in [4.69, 9.17) is 20.3 Å². The maximum Gasteiger partial charge on any atom is 0.328 e. The minimum absolute atomic E-state index is 0. The van der Waals surface area contributed by atoms with Crippen LogP contribution >= 0.6 is 24.2 Å². The molecule has 0 fully saturated rings. The number of thioether (sulfide) groups is 1. The van der Waals surface area contributed by atoms with Gasteiger partial charge in [0.15, 0.2) is 0 Å². The van der Waals surface area contributed by atoms with Crippen molar-refractivity contribution in [3.63, 3.8) is 0 Å². The standard InChI is InChI=1S/C22H23N5O4S.ClH/c1-2-30-21(29)17(12-14-6-4-3-5-7-14)25-18(28)13-32-22-27-26-20(31-22)16-10-8-15(9-11-16)19(23)24;/h3-11,17H,2,12-13H2,1H3,(H3,23,24)(H,25,28);1H/t17-;/m0./s1. The molecule has 9 nitrogen and oxygen atoms in total. The average molecular weight is 490 g/mol. The highest BCUT2D eigenvalue weighted by Gasteiger charge is 2.23. The van der Waals surface area contributed by atoms with Crippen LogP contribution in [0, 0.1) is 5.41 Å². The Morgan fingerprint density at radius 1 is 1.15 bits per heavy atom. The molecule has 4 N–H and O–H groups in total. The summed E-state index contributed by atoms with van der Waals surface area (Å²) in [6.07, 6.45) is 0.330. The van der Waals surface area contributed by atoms with E-state index in [1.54, 1.807) is 31.2 Å². The second-order valence-corrected chi connectivity index (χ2v) is 7.64. The zero-order valence-electron chi connectivity index (χ0n) is 17.8. The number of hydrogen-bond acceptors (Lipinski definition) is 8. The number of carbonyl (C=O) groups excluding carboxylic acids is 2. The van der Waals surface area contributed by atoms with Crippen molar-refractivity contribution in [3.8, 4) is 11.5 Å². The molecule has 2 aromatic carbocycles. The summed E-state index contributed by atoms with van der Waals surface area (Å²) in [7, 11) is 0. The summed E-state index contributed by atoms with van der Waals surface area (Å²) in [4.78, 5) is 24.7. The number of carbonyl (C=O) groups is 2. The van der Waals surface area contributed by atoms with Gasteiger partial charge in [-0.05, 0) is 24.6 Å². The van der Waals surface area contributed by atoms with Gasteiger partial charge < -0.3 is 20.2 Å². The molecule has 0 bridgehead atoms. The molecule has 174 valence electrons. The molecule has 1 atom stereocenters. The highest BCUT2D eigenvalue weighted by Crippen LogP contribution is 2.23. The van der Waals surface area contributed by atoms with Crippen LogP contribution in [0.1, 0.15) is 18.1 Å². The molecule has 0 spiro atoms. The van der Waals surface area contributed by atoms with Crippen LogP contribution in [0.5, 0.6) is 0 Å². The number of nitrogen functional groups attached to an aromatic ring is 1. The Bertz CT molecular complexity index is 1080. The molecule has 0 unspecified atom stereocenters. The molecule has 33 heavy (non-hydrogen) atoms. The van der Waals surface area contributed by atoms with Gasteiger partial charge >= 0.3 is 5.97 Å². The summed E-state index contributed by atoms with van der Waals surface area (Å²) < 4.78 is 10.7. The Kier molecular flexibility index (Phi) is 9.89. The zero-order chi connectivity index (χ0) is 22.9. The molecule has 3 rings (SSSR count). The third kappa shape index (κ3) is 7.62. The van der Waals surface area contributed by atoms with E-state index in [2.05, 4.69) is 15.5 Å². The molecule has 11 heteroatoms. The lowest BCUT2D eigenvalue weighted by molar-refractivity contribution is -0.147. The number of nitrogens with two attached hydrogens (primary N) is 1. The number of amides is 1. The summed E-state index contributed by atoms with van der Waals surface area (Å²) in [6.45, 7) is 1.95. The number of amidine groups is 1. The molecule has 3 aromatic rings. The molecule has 1 heterocycles. The Labute approximate surface area is 201 Å². The van der Waals surface area contributed by atoms with E-state index in [0.717, 1.165) is 17.3 Å². The second kappa shape index (κ2) is 12.6. The van der Waals surface area contributed by atoms with Crippen LogP contribution in [-0.2, 0) is 20.7 Å². The lowest BCUT2D eigenvalue weighted by atomic mass is 10.1. The molecular weight excluding hydrogens is 466 g/mol. The normalized spacial score (nSPS) is 11.2. The summed E-state index contributed by atoms with van der Waals surface area (Å²) >= 11 is 1.07. The van der Waals surface area contributed by atoms with E-state index in [1.807, 2.05) is 30.3 Å². The molecule has 0 aliphatic heterocycles. The maximum absolute atomic E-state index is 12.4. The fraction of sp³-hybridized carbons (Fsp3) is 0.227. The number of hydrogen-bond donors (Lipinski definition) is 3. The van der Waals surface area contributed by atoms with Crippen molar-refractivity contribution in [2.24, 2.45) is 5.73 Å². The van der Waals surface area contributed by atoms with Gasteiger partial charge in [-0.3, -0.25) is 10.2 Å². The summed E-state index contributed by atoms with van der Waals surface area (Å²) in [5.41, 5.74) is 7.62. The Morgan fingerprint density at radius 3 is 2.48 bits per heavy atom. The van der Waals surface area contributed by atoms with Gasteiger partial charge in [-0.25, -0.2) is 4.79 Å². The molecule has 0 aliphatic rings. The predicted octanol–water partition coefficient (Wildman–Crippen LogP) is 2.83. The SMILES string of the molecule is CCOC(=O)[C@H](Cc1ccccc1)NC(=O)CSc1nnc(-c2ccc(C(=N)N)cc2)o1.Cl. The number of nitrogens with zero attached hydrogens (tertiary/aromatic N) is 2. The van der Waals surface area contributed by atoms with Crippen LogP contribution in [0.2, 0.25) is 0 Å². The number of ether oxygens (including phenoxy) is 1. The van der Waals surface area contributed by atoms with Crippen molar-refractivity contribution in [3.05, 3.63) is 65.7 Å². The van der Waals surface area contributed by atoms with E-state index < -0.39 is 12.0 Å². The lowest BCUT2D eigenvalue weighted by Gasteiger charge is -2.17. The van der Waals surface area contributed by atoms with Crippen molar-refractivity contribution in [2.75, 3.05) is 12.4 Å². The highest BCUT2D eigenvalue weighted by atomic mass is 35.5. The first kappa shape index (κ1) is 25.9. The van der Waals surface area contributed by atoms with Gasteiger partial charge in [0.1, 0.15) is 11.9 Å². The Hall–Kier alpha value is -3.37. The third-order valence-corrected chi connectivity index (χ3v) is 5.18. The van der Waals surface area contributed by atoms with Gasteiger partial charge in [0.25, 0.3) is 5.22 Å². The van der Waals surface area contributed by atoms with Gasteiger partial charge in [-0.1, -0.05) is 54.2 Å². The van der Waals surface area contributed by atoms with Gasteiger partial charge in [0, 0.05) is 17.5 Å². The van der Waals surface area contributed by atoms with Crippen molar-refractivity contribution in [1.82, 2.24) is 15.5 Å². The Balaban J connectivity index is 0.00000385. The van der Waals surface area contributed by atoms with E-state index in [0.29, 0.717) is 17.5 Å². The average Bonchev–Trinajstić information content (AvgIpc) is 3.27. The number of nitrogens with one attached hydrogen (secondary N) is 2. The first-order valence-electron chi connectivity index (χ1n) is 9.87. The van der Waals surface area contributed by atoms with Gasteiger partial charge in [-0.15, -0.1) is 22.6 Å². The smallest absolute Gasteiger partial charge is 0.328 e. The maximum atomic E-state index is 12.4. The molecule has 0 aliphatic carbocycles. The first-order valence-corrected chi connectivity index (χ1v) is 10.9. The van der Waals surface area contributed by atoms with Gasteiger partial charge in [0.2, 0.25) is 11.8 Å². The van der Waals surface area contributed by atoms with Crippen LogP contribution in [0.25, 0.3) is 11.5 Å². The molecular formula is C22H24ClN5O4S.